The fourth-order valence-corrected chi connectivity index (χ4v) is 2.03. The number of aromatic nitrogens is 1. The van der Waals surface area contributed by atoms with Crippen LogP contribution in [0.1, 0.15) is 22.9 Å². The van der Waals surface area contributed by atoms with Gasteiger partial charge in [0.15, 0.2) is 0 Å². The van der Waals surface area contributed by atoms with Crippen LogP contribution in [0.15, 0.2) is 42.5 Å². The molecular formula is C16H17NO2. The Morgan fingerprint density at radius 2 is 1.95 bits per heavy atom. The number of benzene rings is 1. The summed E-state index contributed by atoms with van der Waals surface area (Å²) in [6.45, 7) is 1.95. The molecule has 1 atom stereocenters. The molecule has 2 rings (SSSR count). The maximum absolute atomic E-state index is 11.3. The zero-order valence-corrected chi connectivity index (χ0v) is 11.2. The monoisotopic (exact) mass is 255 g/mol. The van der Waals surface area contributed by atoms with Crippen LogP contribution in [0.4, 0.5) is 0 Å². The molecule has 2 aromatic rings. The number of carbonyl (C=O) groups is 1. The van der Waals surface area contributed by atoms with Crippen molar-refractivity contribution in [3.63, 3.8) is 0 Å². The van der Waals surface area contributed by atoms with Gasteiger partial charge in [0.05, 0.1) is 7.11 Å². The Kier molecular flexibility index (Phi) is 4.29. The lowest BCUT2D eigenvalue weighted by Gasteiger charge is -2.11. The van der Waals surface area contributed by atoms with E-state index in [9.17, 15) is 4.79 Å². The van der Waals surface area contributed by atoms with Gasteiger partial charge in [0, 0.05) is 23.7 Å². The van der Waals surface area contributed by atoms with Gasteiger partial charge in [-0.3, -0.25) is 4.98 Å². The summed E-state index contributed by atoms with van der Waals surface area (Å²) in [5.41, 5.74) is 2.89. The van der Waals surface area contributed by atoms with Gasteiger partial charge >= 0.3 is 0 Å². The summed E-state index contributed by atoms with van der Waals surface area (Å²) in [5.74, 6) is 0.627. The van der Waals surface area contributed by atoms with Crippen LogP contribution >= 0.6 is 0 Å². The third-order valence-corrected chi connectivity index (χ3v) is 3.08. The normalized spacial score (nSPS) is 11.9. The molecule has 98 valence electrons. The van der Waals surface area contributed by atoms with Gasteiger partial charge in [0.2, 0.25) is 0 Å². The summed E-state index contributed by atoms with van der Waals surface area (Å²) in [6, 6.07) is 13.5. The van der Waals surface area contributed by atoms with Crippen molar-refractivity contribution in [1.82, 2.24) is 4.98 Å². The van der Waals surface area contributed by atoms with E-state index < -0.39 is 0 Å². The van der Waals surface area contributed by atoms with Crippen molar-refractivity contribution < 1.29 is 9.53 Å². The molecule has 3 heteroatoms. The van der Waals surface area contributed by atoms with Crippen LogP contribution in [0.25, 0.3) is 0 Å². The first-order chi connectivity index (χ1) is 9.22. The summed E-state index contributed by atoms with van der Waals surface area (Å²) < 4.78 is 5.12. The number of hydrogen-bond acceptors (Lipinski definition) is 3. The average Bonchev–Trinajstić information content (AvgIpc) is 2.45. The van der Waals surface area contributed by atoms with Crippen LogP contribution < -0.4 is 4.74 Å². The number of carbonyl (C=O) groups excluding carboxylic acids is 1. The van der Waals surface area contributed by atoms with Crippen molar-refractivity contribution in [3.8, 4) is 5.75 Å². The first-order valence-corrected chi connectivity index (χ1v) is 6.24. The highest BCUT2D eigenvalue weighted by atomic mass is 16.5. The number of aldehydes is 1. The van der Waals surface area contributed by atoms with Gasteiger partial charge in [0.25, 0.3) is 0 Å². The minimum Gasteiger partial charge on any atom is -0.497 e. The number of nitrogens with zero attached hydrogens (tertiary/aromatic N) is 1. The first kappa shape index (κ1) is 13.3. The number of ether oxygens (including phenoxy) is 1. The van der Waals surface area contributed by atoms with Gasteiger partial charge in [0.1, 0.15) is 12.0 Å². The van der Waals surface area contributed by atoms with E-state index in [1.165, 1.54) is 0 Å². The topological polar surface area (TPSA) is 39.2 Å². The summed E-state index contributed by atoms with van der Waals surface area (Å²) in [7, 11) is 1.63. The molecule has 0 aliphatic carbocycles. The molecule has 0 saturated heterocycles. The first-order valence-electron chi connectivity index (χ1n) is 6.24. The molecule has 0 bridgehead atoms. The predicted molar refractivity (Wildman–Crippen MR) is 74.5 cm³/mol. The predicted octanol–water partition coefficient (Wildman–Crippen LogP) is 2.92. The van der Waals surface area contributed by atoms with Crippen LogP contribution in [-0.2, 0) is 11.2 Å². The summed E-state index contributed by atoms with van der Waals surface area (Å²) in [6.07, 6.45) is 1.60. The van der Waals surface area contributed by atoms with Gasteiger partial charge in [-0.2, -0.15) is 0 Å². The highest BCUT2D eigenvalue weighted by molar-refractivity contribution is 5.63. The van der Waals surface area contributed by atoms with Crippen LogP contribution in [0.5, 0.6) is 5.75 Å². The van der Waals surface area contributed by atoms with Crippen molar-refractivity contribution in [1.29, 1.82) is 0 Å². The van der Waals surface area contributed by atoms with Crippen LogP contribution in [0.2, 0.25) is 0 Å². The molecule has 0 saturated carbocycles. The van der Waals surface area contributed by atoms with Gasteiger partial charge < -0.3 is 9.53 Å². The minimum atomic E-state index is -0.166. The lowest BCUT2D eigenvalue weighted by molar-refractivity contribution is -0.109. The molecule has 1 unspecified atom stereocenters. The van der Waals surface area contributed by atoms with Gasteiger partial charge in [-0.25, -0.2) is 0 Å². The van der Waals surface area contributed by atoms with E-state index >= 15 is 0 Å². The van der Waals surface area contributed by atoms with Crippen molar-refractivity contribution in [3.05, 3.63) is 59.4 Å². The molecule has 19 heavy (non-hydrogen) atoms. The Morgan fingerprint density at radius 1 is 1.21 bits per heavy atom. The highest BCUT2D eigenvalue weighted by Gasteiger charge is 2.12. The molecule has 0 spiro atoms. The third kappa shape index (κ3) is 3.41. The number of methoxy groups -OCH3 is 1. The summed E-state index contributed by atoms with van der Waals surface area (Å²) >= 11 is 0. The van der Waals surface area contributed by atoms with Gasteiger partial charge in [-0.1, -0.05) is 18.2 Å². The Labute approximate surface area is 113 Å². The fraction of sp³-hybridized carbons (Fsp3) is 0.250. The second-order valence-electron chi connectivity index (χ2n) is 4.49. The largest absolute Gasteiger partial charge is 0.497 e. The molecule has 0 radical (unpaired) electrons. The molecule has 0 aliphatic rings. The fourth-order valence-electron chi connectivity index (χ4n) is 2.03. The smallest absolute Gasteiger partial charge is 0.127 e. The van der Waals surface area contributed by atoms with Crippen molar-refractivity contribution >= 4 is 6.29 Å². The maximum atomic E-state index is 11.3. The lowest BCUT2D eigenvalue weighted by atomic mass is 9.95. The quantitative estimate of drug-likeness (QED) is 0.771. The number of pyridine rings is 1. The number of hydrogen-bond donors (Lipinski definition) is 0. The number of rotatable bonds is 5. The van der Waals surface area contributed by atoms with E-state index in [1.54, 1.807) is 7.11 Å². The molecule has 1 aromatic heterocycles. The second kappa shape index (κ2) is 6.14. The summed E-state index contributed by atoms with van der Waals surface area (Å²) in [4.78, 5) is 15.7. The van der Waals surface area contributed by atoms with Crippen molar-refractivity contribution in [2.75, 3.05) is 7.11 Å². The van der Waals surface area contributed by atoms with Crippen molar-refractivity contribution in [2.45, 2.75) is 19.3 Å². The van der Waals surface area contributed by atoms with Crippen LogP contribution in [-0.4, -0.2) is 18.4 Å². The zero-order chi connectivity index (χ0) is 13.7. The van der Waals surface area contributed by atoms with Gasteiger partial charge in [-0.15, -0.1) is 0 Å². The molecule has 1 heterocycles. The highest BCUT2D eigenvalue weighted by Crippen LogP contribution is 2.21. The molecule has 1 aromatic carbocycles. The Bertz CT molecular complexity index is 549. The molecule has 0 N–H and O–H groups in total. The van der Waals surface area contributed by atoms with E-state index in [-0.39, 0.29) is 5.92 Å². The third-order valence-electron chi connectivity index (χ3n) is 3.08. The standard InChI is InChI=1S/C16H17NO2/c1-12-4-3-5-15(17-12)10-14(11-18)13-6-8-16(19-2)9-7-13/h3-9,11,14H,10H2,1-2H3. The van der Waals surface area contributed by atoms with E-state index in [0.717, 1.165) is 29.0 Å². The molecule has 0 aliphatic heterocycles. The van der Waals surface area contributed by atoms with Crippen LogP contribution in [0, 0.1) is 6.92 Å². The molecule has 0 fully saturated rings. The van der Waals surface area contributed by atoms with Crippen molar-refractivity contribution in [2.24, 2.45) is 0 Å². The SMILES string of the molecule is COc1ccc(C(C=O)Cc2cccc(C)n2)cc1. The molecule has 3 nitrogen and oxygen atoms in total. The molecular weight excluding hydrogens is 238 g/mol. The van der Waals surface area contributed by atoms with E-state index in [1.807, 2.05) is 49.4 Å². The lowest BCUT2D eigenvalue weighted by Crippen LogP contribution is -2.06. The van der Waals surface area contributed by atoms with Crippen LogP contribution in [0.3, 0.4) is 0 Å². The Balaban J connectivity index is 2.17. The van der Waals surface area contributed by atoms with E-state index in [4.69, 9.17) is 4.74 Å². The Hall–Kier alpha value is -2.16. The number of aryl methyl sites for hydroxylation is 1. The van der Waals surface area contributed by atoms with E-state index in [0.29, 0.717) is 6.42 Å². The molecule has 0 amide bonds. The van der Waals surface area contributed by atoms with E-state index in [2.05, 4.69) is 4.98 Å². The second-order valence-corrected chi connectivity index (χ2v) is 4.49. The average molecular weight is 255 g/mol. The summed E-state index contributed by atoms with van der Waals surface area (Å²) in [5, 5.41) is 0. The van der Waals surface area contributed by atoms with Gasteiger partial charge in [-0.05, 0) is 36.8 Å². The Morgan fingerprint density at radius 3 is 2.53 bits per heavy atom. The zero-order valence-electron chi connectivity index (χ0n) is 11.2. The maximum Gasteiger partial charge on any atom is 0.127 e. The minimum absolute atomic E-state index is 0.166.